The Bertz CT molecular complexity index is 426. The van der Waals surface area contributed by atoms with E-state index in [9.17, 15) is 4.79 Å². The van der Waals surface area contributed by atoms with Crippen molar-refractivity contribution in [1.29, 1.82) is 0 Å². The first kappa shape index (κ1) is 10.8. The van der Waals surface area contributed by atoms with Crippen molar-refractivity contribution in [2.75, 3.05) is 6.61 Å². The number of hydrogen-bond donors (Lipinski definition) is 0. The van der Waals surface area contributed by atoms with Gasteiger partial charge >= 0.3 is 5.97 Å². The molecule has 0 radical (unpaired) electrons. The van der Waals surface area contributed by atoms with Gasteiger partial charge < -0.3 is 4.74 Å². The second-order valence-corrected chi connectivity index (χ2v) is 5.13. The topological polar surface area (TPSA) is 26.3 Å². The van der Waals surface area contributed by atoms with Crippen molar-refractivity contribution < 1.29 is 9.53 Å². The minimum absolute atomic E-state index is 0.0149. The van der Waals surface area contributed by atoms with Gasteiger partial charge in [-0.25, -0.2) is 0 Å². The molecule has 3 atom stereocenters. The molecule has 2 fully saturated rings. The second kappa shape index (κ2) is 3.86. The molecule has 1 aromatic carbocycles. The molecule has 0 aliphatic heterocycles. The minimum atomic E-state index is 0.0149. The van der Waals surface area contributed by atoms with Crippen LogP contribution in [0.3, 0.4) is 0 Å². The molecule has 2 saturated carbocycles. The smallest absolute Gasteiger partial charge is 0.310 e. The highest BCUT2D eigenvalue weighted by atomic mass is 16.5. The van der Waals surface area contributed by atoms with Crippen LogP contribution in [-0.2, 0) is 14.9 Å². The summed E-state index contributed by atoms with van der Waals surface area (Å²) in [5, 5.41) is 0. The highest BCUT2D eigenvalue weighted by Crippen LogP contribution is 2.69. The van der Waals surface area contributed by atoms with Crippen molar-refractivity contribution in [2.24, 2.45) is 11.8 Å². The van der Waals surface area contributed by atoms with Crippen LogP contribution in [0.5, 0.6) is 0 Å². The van der Waals surface area contributed by atoms with Gasteiger partial charge in [-0.05, 0) is 31.2 Å². The van der Waals surface area contributed by atoms with Gasteiger partial charge in [-0.3, -0.25) is 4.79 Å². The van der Waals surface area contributed by atoms with Gasteiger partial charge in [0.1, 0.15) is 0 Å². The lowest BCUT2D eigenvalue weighted by Crippen LogP contribution is -2.17. The quantitative estimate of drug-likeness (QED) is 0.746. The lowest BCUT2D eigenvalue weighted by Gasteiger charge is -2.15. The fourth-order valence-electron chi connectivity index (χ4n) is 3.79. The van der Waals surface area contributed by atoms with Crippen LogP contribution < -0.4 is 0 Å². The largest absolute Gasteiger partial charge is 0.466 e. The molecule has 0 heterocycles. The maximum absolute atomic E-state index is 12.0. The van der Waals surface area contributed by atoms with Crippen LogP contribution in [0.2, 0.25) is 0 Å². The Morgan fingerprint density at radius 1 is 1.41 bits per heavy atom. The molecule has 0 amide bonds. The van der Waals surface area contributed by atoms with Crippen molar-refractivity contribution in [1.82, 2.24) is 0 Å². The van der Waals surface area contributed by atoms with Gasteiger partial charge in [0.05, 0.1) is 12.5 Å². The number of carbonyl (C=O) groups excluding carboxylic acids is 1. The van der Waals surface area contributed by atoms with E-state index in [-0.39, 0.29) is 17.3 Å². The van der Waals surface area contributed by atoms with E-state index >= 15 is 0 Å². The lowest BCUT2D eigenvalue weighted by atomic mass is 9.90. The maximum Gasteiger partial charge on any atom is 0.310 e. The van der Waals surface area contributed by atoms with Crippen LogP contribution in [-0.4, -0.2) is 12.6 Å². The predicted molar refractivity (Wildman–Crippen MR) is 65.6 cm³/mol. The Morgan fingerprint density at radius 3 is 2.88 bits per heavy atom. The van der Waals surface area contributed by atoms with Gasteiger partial charge in [0, 0.05) is 5.41 Å². The zero-order chi connectivity index (χ0) is 11.9. The molecule has 0 spiro atoms. The number of benzene rings is 1. The SMILES string of the molecule is CCOC(=O)[C@@H]1[C@H]2CCC[C@@]21c1ccccc1. The molecule has 3 rings (SSSR count). The molecule has 2 aliphatic carbocycles. The normalized spacial score (nSPS) is 34.2. The Balaban J connectivity index is 1.89. The zero-order valence-electron chi connectivity index (χ0n) is 10.2. The van der Waals surface area contributed by atoms with Crippen LogP contribution in [0.15, 0.2) is 30.3 Å². The van der Waals surface area contributed by atoms with E-state index < -0.39 is 0 Å². The number of carbonyl (C=O) groups is 1. The highest BCUT2D eigenvalue weighted by molar-refractivity contribution is 5.80. The predicted octanol–water partition coefficient (Wildman–Crippen LogP) is 2.92. The van der Waals surface area contributed by atoms with Crippen molar-refractivity contribution in [3.05, 3.63) is 35.9 Å². The molecule has 2 nitrogen and oxygen atoms in total. The molecule has 2 heteroatoms. The molecule has 0 aromatic heterocycles. The van der Waals surface area contributed by atoms with E-state index in [1.807, 2.05) is 13.0 Å². The number of hydrogen-bond acceptors (Lipinski definition) is 2. The molecule has 1 aromatic rings. The molecular formula is C15H18O2. The Kier molecular flexibility index (Phi) is 2.46. The van der Waals surface area contributed by atoms with Crippen molar-refractivity contribution in [3.8, 4) is 0 Å². The van der Waals surface area contributed by atoms with Crippen LogP contribution >= 0.6 is 0 Å². The molecule has 2 aliphatic rings. The molecule has 0 N–H and O–H groups in total. The van der Waals surface area contributed by atoms with E-state index in [4.69, 9.17) is 4.74 Å². The third-order valence-electron chi connectivity index (χ3n) is 4.47. The third kappa shape index (κ3) is 1.43. The van der Waals surface area contributed by atoms with Crippen molar-refractivity contribution in [3.63, 3.8) is 0 Å². The average molecular weight is 230 g/mol. The summed E-state index contributed by atoms with van der Waals surface area (Å²) in [6.45, 7) is 2.37. The third-order valence-corrected chi connectivity index (χ3v) is 4.47. The van der Waals surface area contributed by atoms with Gasteiger partial charge in [-0.1, -0.05) is 36.8 Å². The van der Waals surface area contributed by atoms with Crippen molar-refractivity contribution >= 4 is 5.97 Å². The second-order valence-electron chi connectivity index (χ2n) is 5.13. The first-order valence-electron chi connectivity index (χ1n) is 6.53. The molecule has 0 bridgehead atoms. The van der Waals surface area contributed by atoms with Gasteiger partial charge in [-0.15, -0.1) is 0 Å². The van der Waals surface area contributed by atoms with Crippen LogP contribution in [0, 0.1) is 11.8 Å². The summed E-state index contributed by atoms with van der Waals surface area (Å²) in [5.41, 5.74) is 1.45. The van der Waals surface area contributed by atoms with Gasteiger partial charge in [0.15, 0.2) is 0 Å². The van der Waals surface area contributed by atoms with Crippen LogP contribution in [0.1, 0.15) is 31.7 Å². The molecule has 17 heavy (non-hydrogen) atoms. The highest BCUT2D eigenvalue weighted by Gasteiger charge is 2.70. The number of fused-ring (bicyclic) bond motifs is 1. The number of esters is 1. The summed E-state index contributed by atoms with van der Waals surface area (Å²) < 4.78 is 5.21. The summed E-state index contributed by atoms with van der Waals surface area (Å²) >= 11 is 0. The lowest BCUT2D eigenvalue weighted by molar-refractivity contribution is -0.145. The van der Waals surface area contributed by atoms with Gasteiger partial charge in [0.2, 0.25) is 0 Å². The van der Waals surface area contributed by atoms with Gasteiger partial charge in [-0.2, -0.15) is 0 Å². The van der Waals surface area contributed by atoms with E-state index in [1.54, 1.807) is 0 Å². The molecule has 90 valence electrons. The summed E-state index contributed by atoms with van der Waals surface area (Å²) in [7, 11) is 0. The van der Waals surface area contributed by atoms with Crippen LogP contribution in [0.25, 0.3) is 0 Å². The molecule has 0 saturated heterocycles. The van der Waals surface area contributed by atoms with Crippen molar-refractivity contribution in [2.45, 2.75) is 31.6 Å². The first-order chi connectivity index (χ1) is 8.30. The first-order valence-corrected chi connectivity index (χ1v) is 6.53. The standard InChI is InChI=1S/C15H18O2/c1-2-17-14(16)13-12-9-6-10-15(12,13)11-7-4-3-5-8-11/h3-5,7-8,12-13H,2,6,9-10H2,1H3/t12-,13+,15-/m1/s1. The zero-order valence-corrected chi connectivity index (χ0v) is 10.2. The number of ether oxygens (including phenoxy) is 1. The Hall–Kier alpha value is -1.31. The Morgan fingerprint density at radius 2 is 2.18 bits per heavy atom. The summed E-state index contributed by atoms with van der Waals surface area (Å²) in [6, 6.07) is 10.5. The van der Waals surface area contributed by atoms with Crippen LogP contribution in [0.4, 0.5) is 0 Å². The summed E-state index contributed by atoms with van der Waals surface area (Å²) in [4.78, 5) is 12.0. The fourth-order valence-corrected chi connectivity index (χ4v) is 3.79. The average Bonchev–Trinajstić information content (AvgIpc) is 2.81. The van der Waals surface area contributed by atoms with Gasteiger partial charge in [0.25, 0.3) is 0 Å². The van der Waals surface area contributed by atoms with E-state index in [1.165, 1.54) is 18.4 Å². The van der Waals surface area contributed by atoms with E-state index in [0.29, 0.717) is 12.5 Å². The Labute approximate surface area is 102 Å². The molecule has 0 unspecified atom stereocenters. The number of rotatable bonds is 3. The minimum Gasteiger partial charge on any atom is -0.466 e. The molecular weight excluding hydrogens is 212 g/mol. The summed E-state index contributed by atoms with van der Waals surface area (Å²) in [6.07, 6.45) is 3.57. The van der Waals surface area contributed by atoms with E-state index in [0.717, 1.165) is 6.42 Å². The monoisotopic (exact) mass is 230 g/mol. The fraction of sp³-hybridized carbons (Fsp3) is 0.533. The van der Waals surface area contributed by atoms with E-state index in [2.05, 4.69) is 24.3 Å². The summed E-state index contributed by atoms with van der Waals surface area (Å²) in [5.74, 6) is 0.670. The maximum atomic E-state index is 12.0.